The second-order valence-corrected chi connectivity index (χ2v) is 8.05. The number of carboxylic acid groups (broad SMARTS) is 1. The summed E-state index contributed by atoms with van der Waals surface area (Å²) in [6, 6.07) is 9.70. The minimum atomic E-state index is -0.775. The molecule has 2 aliphatic heterocycles. The van der Waals surface area contributed by atoms with Crippen LogP contribution in [0.1, 0.15) is 40.9 Å². The molecule has 1 aromatic heterocycles. The summed E-state index contributed by atoms with van der Waals surface area (Å²) in [5.74, 6) is 0.347. The number of aliphatic carboxylic acids is 1. The molecule has 3 heterocycles. The molecule has 6 nitrogen and oxygen atoms in total. The van der Waals surface area contributed by atoms with Crippen LogP contribution in [0.3, 0.4) is 0 Å². The molecule has 1 aromatic carbocycles. The van der Waals surface area contributed by atoms with Gasteiger partial charge < -0.3 is 19.2 Å². The first-order valence-corrected chi connectivity index (χ1v) is 10.3. The summed E-state index contributed by atoms with van der Waals surface area (Å²) in [5, 5.41) is 9.42. The van der Waals surface area contributed by atoms with Crippen LogP contribution in [0.5, 0.6) is 0 Å². The van der Waals surface area contributed by atoms with Crippen LogP contribution in [0, 0.1) is 25.7 Å². The van der Waals surface area contributed by atoms with Crippen molar-refractivity contribution in [3.8, 4) is 11.3 Å². The number of carbonyl (C=O) groups excluding carboxylic acids is 1. The Balaban J connectivity index is 1.50. The van der Waals surface area contributed by atoms with Crippen molar-refractivity contribution >= 4 is 11.9 Å². The molecular formula is C23H27NO5. The Morgan fingerprint density at radius 2 is 1.76 bits per heavy atom. The lowest BCUT2D eigenvalue weighted by Gasteiger charge is -2.35. The third-order valence-corrected chi connectivity index (χ3v) is 6.38. The Labute approximate surface area is 170 Å². The predicted molar refractivity (Wildman–Crippen MR) is 108 cm³/mol. The number of ether oxygens (including phenoxy) is 1. The van der Waals surface area contributed by atoms with Crippen LogP contribution in [0.2, 0.25) is 0 Å². The number of aryl methyl sites for hydroxylation is 1. The van der Waals surface area contributed by atoms with Crippen molar-refractivity contribution in [2.75, 3.05) is 19.7 Å². The number of piperidine rings is 1. The van der Waals surface area contributed by atoms with Gasteiger partial charge in [0.15, 0.2) is 0 Å². The number of likely N-dealkylation sites (tertiary alicyclic amines) is 1. The van der Waals surface area contributed by atoms with Crippen LogP contribution < -0.4 is 0 Å². The second kappa shape index (κ2) is 8.03. The zero-order valence-electron chi connectivity index (χ0n) is 16.9. The molecule has 0 radical (unpaired) electrons. The number of furan rings is 1. The van der Waals surface area contributed by atoms with E-state index in [1.165, 1.54) is 0 Å². The van der Waals surface area contributed by atoms with Crippen molar-refractivity contribution in [2.24, 2.45) is 11.8 Å². The number of hydrogen-bond acceptors (Lipinski definition) is 4. The Morgan fingerprint density at radius 3 is 2.41 bits per heavy atom. The number of rotatable bonds is 4. The van der Waals surface area contributed by atoms with Gasteiger partial charge in [-0.3, -0.25) is 9.59 Å². The Kier molecular flexibility index (Phi) is 5.46. The van der Waals surface area contributed by atoms with Gasteiger partial charge in [0.25, 0.3) is 5.91 Å². The fraction of sp³-hybridized carbons (Fsp3) is 0.478. The van der Waals surface area contributed by atoms with E-state index < -0.39 is 11.9 Å². The van der Waals surface area contributed by atoms with Gasteiger partial charge in [0.2, 0.25) is 0 Å². The lowest BCUT2D eigenvalue weighted by Crippen LogP contribution is -2.43. The minimum absolute atomic E-state index is 0.0150. The lowest BCUT2D eigenvalue weighted by molar-refractivity contribution is -0.145. The van der Waals surface area contributed by atoms with Crippen molar-refractivity contribution in [3.63, 3.8) is 0 Å². The van der Waals surface area contributed by atoms with Crippen LogP contribution in [0.25, 0.3) is 11.3 Å². The predicted octanol–water partition coefficient (Wildman–Crippen LogP) is 3.91. The first-order chi connectivity index (χ1) is 14.0. The molecule has 29 heavy (non-hydrogen) atoms. The van der Waals surface area contributed by atoms with E-state index in [9.17, 15) is 14.7 Å². The number of amides is 1. The summed E-state index contributed by atoms with van der Waals surface area (Å²) in [6.07, 6.45) is 1.86. The van der Waals surface area contributed by atoms with Gasteiger partial charge in [-0.15, -0.1) is 0 Å². The molecule has 4 rings (SSSR count). The molecule has 0 spiro atoms. The average Bonchev–Trinajstić information content (AvgIpc) is 3.34. The highest BCUT2D eigenvalue weighted by Crippen LogP contribution is 2.36. The summed E-state index contributed by atoms with van der Waals surface area (Å²) in [5.41, 5.74) is 2.40. The summed E-state index contributed by atoms with van der Waals surface area (Å²) < 4.78 is 11.7. The van der Waals surface area contributed by atoms with Crippen molar-refractivity contribution in [2.45, 2.75) is 39.2 Å². The smallest absolute Gasteiger partial charge is 0.309 e. The van der Waals surface area contributed by atoms with Crippen LogP contribution in [0.15, 0.2) is 34.7 Å². The number of carbonyl (C=O) groups is 2. The molecule has 2 fully saturated rings. The number of carboxylic acids is 1. The van der Waals surface area contributed by atoms with Gasteiger partial charge in [-0.05, 0) is 39.0 Å². The van der Waals surface area contributed by atoms with Crippen LogP contribution >= 0.6 is 0 Å². The topological polar surface area (TPSA) is 80.0 Å². The second-order valence-electron chi connectivity index (χ2n) is 8.05. The largest absolute Gasteiger partial charge is 0.481 e. The zero-order valence-corrected chi connectivity index (χ0v) is 16.9. The number of hydrogen-bond donors (Lipinski definition) is 1. The maximum Gasteiger partial charge on any atom is 0.309 e. The van der Waals surface area contributed by atoms with E-state index >= 15 is 0 Å². The van der Waals surface area contributed by atoms with E-state index in [0.717, 1.165) is 29.7 Å². The number of nitrogens with zero attached hydrogens (tertiary/aromatic N) is 1. The molecule has 2 aromatic rings. The third kappa shape index (κ3) is 3.69. The van der Waals surface area contributed by atoms with E-state index in [0.29, 0.717) is 37.4 Å². The van der Waals surface area contributed by atoms with Gasteiger partial charge >= 0.3 is 5.97 Å². The normalized spacial score (nSPS) is 22.8. The monoisotopic (exact) mass is 397 g/mol. The van der Waals surface area contributed by atoms with E-state index in [1.807, 2.05) is 49.1 Å². The maximum absolute atomic E-state index is 13.4. The Bertz CT molecular complexity index is 895. The minimum Gasteiger partial charge on any atom is -0.481 e. The van der Waals surface area contributed by atoms with Gasteiger partial charge in [0, 0.05) is 30.8 Å². The van der Waals surface area contributed by atoms with Gasteiger partial charge in [0.05, 0.1) is 17.6 Å². The first kappa shape index (κ1) is 19.7. The highest BCUT2D eigenvalue weighted by Gasteiger charge is 2.41. The van der Waals surface area contributed by atoms with Gasteiger partial charge in [-0.2, -0.15) is 0 Å². The van der Waals surface area contributed by atoms with Gasteiger partial charge in [0.1, 0.15) is 11.5 Å². The molecule has 2 atom stereocenters. The van der Waals surface area contributed by atoms with Crippen LogP contribution in [0.4, 0.5) is 0 Å². The molecule has 2 aliphatic rings. The molecular weight excluding hydrogens is 370 g/mol. The third-order valence-electron chi connectivity index (χ3n) is 6.38. The summed E-state index contributed by atoms with van der Waals surface area (Å²) in [7, 11) is 0. The molecule has 1 amide bonds. The van der Waals surface area contributed by atoms with Crippen LogP contribution in [-0.2, 0) is 9.53 Å². The SMILES string of the molecule is Cc1oc(-c2ccccc2)c(C(=O)N2CCC([C@@H]3OCCC3C(=O)O)CC2)c1C. The Morgan fingerprint density at radius 1 is 1.07 bits per heavy atom. The fourth-order valence-corrected chi connectivity index (χ4v) is 4.61. The molecule has 154 valence electrons. The van der Waals surface area contributed by atoms with Crippen LogP contribution in [-0.4, -0.2) is 47.7 Å². The van der Waals surface area contributed by atoms with Crippen molar-refractivity contribution in [1.29, 1.82) is 0 Å². The van der Waals surface area contributed by atoms with Crippen molar-refractivity contribution < 1.29 is 23.8 Å². The van der Waals surface area contributed by atoms with E-state index in [-0.39, 0.29) is 17.9 Å². The molecule has 0 bridgehead atoms. The summed E-state index contributed by atoms with van der Waals surface area (Å²) in [4.78, 5) is 26.7. The van der Waals surface area contributed by atoms with Crippen molar-refractivity contribution in [3.05, 3.63) is 47.2 Å². The molecule has 2 saturated heterocycles. The first-order valence-electron chi connectivity index (χ1n) is 10.3. The molecule has 0 saturated carbocycles. The van der Waals surface area contributed by atoms with E-state index in [2.05, 4.69) is 0 Å². The quantitative estimate of drug-likeness (QED) is 0.846. The lowest BCUT2D eigenvalue weighted by atomic mass is 9.84. The average molecular weight is 397 g/mol. The highest BCUT2D eigenvalue weighted by molar-refractivity contribution is 6.01. The molecule has 1 unspecified atom stereocenters. The molecule has 0 aliphatic carbocycles. The summed E-state index contributed by atoms with van der Waals surface area (Å²) in [6.45, 7) is 5.53. The van der Waals surface area contributed by atoms with Gasteiger partial charge in [-0.25, -0.2) is 0 Å². The van der Waals surface area contributed by atoms with E-state index in [4.69, 9.17) is 9.15 Å². The maximum atomic E-state index is 13.4. The van der Waals surface area contributed by atoms with E-state index in [1.54, 1.807) is 0 Å². The number of benzene rings is 1. The standard InChI is InChI=1S/C23H27NO5/c1-14-15(2)29-21(16-6-4-3-5-7-16)19(14)22(25)24-11-8-17(9-12-24)20-18(23(26)27)10-13-28-20/h3-7,17-18,20H,8-13H2,1-2H3,(H,26,27)/t18?,20-/m0/s1. The molecule has 6 heteroatoms. The Hall–Kier alpha value is -2.60. The zero-order chi connectivity index (χ0) is 20.5. The highest BCUT2D eigenvalue weighted by atomic mass is 16.5. The summed E-state index contributed by atoms with van der Waals surface area (Å²) >= 11 is 0. The fourth-order valence-electron chi connectivity index (χ4n) is 4.61. The van der Waals surface area contributed by atoms with Crippen molar-refractivity contribution in [1.82, 2.24) is 4.90 Å². The molecule has 1 N–H and O–H groups in total. The van der Waals surface area contributed by atoms with Gasteiger partial charge in [-0.1, -0.05) is 30.3 Å².